The number of carbonyl (C=O) groups is 1. The molecular weight excluding hydrogens is 431 g/mol. The van der Waals surface area contributed by atoms with Crippen molar-refractivity contribution in [2.24, 2.45) is 5.73 Å². The first-order valence-electron chi connectivity index (χ1n) is 9.33. The zero-order chi connectivity index (χ0) is 22.4. The molecule has 6 nitrogen and oxygen atoms in total. The molecule has 0 fully saturated rings. The number of fused-ring (bicyclic) bond motifs is 1. The lowest BCUT2D eigenvalue weighted by atomic mass is 9.99. The van der Waals surface area contributed by atoms with Gasteiger partial charge in [0.1, 0.15) is 0 Å². The molecular formula is C21H18F3N3O3S. The monoisotopic (exact) mass is 449 g/mol. The van der Waals surface area contributed by atoms with Gasteiger partial charge in [0.05, 0.1) is 27.8 Å². The number of halogens is 3. The van der Waals surface area contributed by atoms with Gasteiger partial charge in [0.25, 0.3) is 5.91 Å². The van der Waals surface area contributed by atoms with Crippen LogP contribution >= 0.6 is 0 Å². The number of amides is 1. The van der Waals surface area contributed by atoms with E-state index in [0.717, 1.165) is 22.5 Å². The molecule has 0 saturated carbocycles. The van der Waals surface area contributed by atoms with Crippen molar-refractivity contribution in [3.8, 4) is 0 Å². The smallest absolute Gasteiger partial charge is 0.366 e. The summed E-state index contributed by atoms with van der Waals surface area (Å²) in [5.41, 5.74) is 5.58. The zero-order valence-electron chi connectivity index (χ0n) is 16.1. The van der Waals surface area contributed by atoms with Gasteiger partial charge in [0, 0.05) is 19.3 Å². The summed E-state index contributed by atoms with van der Waals surface area (Å²) in [4.78, 5) is 11.5. The average molecular weight is 449 g/mol. The number of benzene rings is 2. The predicted octanol–water partition coefficient (Wildman–Crippen LogP) is 3.40. The Balaban J connectivity index is 1.89. The van der Waals surface area contributed by atoms with Crippen molar-refractivity contribution in [2.45, 2.75) is 23.7 Å². The fraction of sp³-hybridized carbons (Fsp3) is 0.190. The van der Waals surface area contributed by atoms with Crippen molar-refractivity contribution in [2.75, 3.05) is 6.54 Å². The Labute approximate surface area is 176 Å². The van der Waals surface area contributed by atoms with E-state index in [-0.39, 0.29) is 18.7 Å². The highest BCUT2D eigenvalue weighted by molar-refractivity contribution is 7.89. The lowest BCUT2D eigenvalue weighted by Crippen LogP contribution is -2.43. The van der Waals surface area contributed by atoms with Crippen LogP contribution in [0.25, 0.3) is 0 Å². The summed E-state index contributed by atoms with van der Waals surface area (Å²) in [7, 11) is -4.34. The lowest BCUT2D eigenvalue weighted by molar-refractivity contribution is -0.137. The van der Waals surface area contributed by atoms with E-state index < -0.39 is 38.6 Å². The topological polar surface area (TPSA) is 85.4 Å². The van der Waals surface area contributed by atoms with Gasteiger partial charge in [-0.3, -0.25) is 4.79 Å². The van der Waals surface area contributed by atoms with Gasteiger partial charge in [-0.25, -0.2) is 8.42 Å². The molecule has 1 aliphatic rings. The van der Waals surface area contributed by atoms with Gasteiger partial charge >= 0.3 is 6.18 Å². The van der Waals surface area contributed by atoms with Crippen LogP contribution in [-0.4, -0.2) is 29.7 Å². The number of hydrogen-bond donors (Lipinski definition) is 1. The quantitative estimate of drug-likeness (QED) is 0.663. The molecule has 0 radical (unpaired) electrons. The lowest BCUT2D eigenvalue weighted by Gasteiger charge is -2.37. The second kappa shape index (κ2) is 7.54. The Kier molecular flexibility index (Phi) is 5.14. The Bertz CT molecular complexity index is 1240. The van der Waals surface area contributed by atoms with Gasteiger partial charge in [-0.05, 0) is 29.8 Å². The summed E-state index contributed by atoms with van der Waals surface area (Å²) in [6.07, 6.45) is -3.03. The number of sulfonamides is 1. The molecule has 10 heteroatoms. The van der Waals surface area contributed by atoms with Crippen molar-refractivity contribution in [1.82, 2.24) is 8.87 Å². The van der Waals surface area contributed by atoms with Gasteiger partial charge in [0.2, 0.25) is 10.0 Å². The van der Waals surface area contributed by atoms with Crippen LogP contribution in [0.15, 0.2) is 71.8 Å². The minimum absolute atomic E-state index is 0.0119. The minimum atomic E-state index is -4.68. The highest BCUT2D eigenvalue weighted by Gasteiger charge is 2.40. The van der Waals surface area contributed by atoms with E-state index in [0.29, 0.717) is 17.3 Å². The maximum atomic E-state index is 13.5. The van der Waals surface area contributed by atoms with Gasteiger partial charge in [0.15, 0.2) is 0 Å². The Morgan fingerprint density at radius 3 is 2.35 bits per heavy atom. The molecule has 0 spiro atoms. The van der Waals surface area contributed by atoms with Crippen molar-refractivity contribution >= 4 is 15.9 Å². The molecule has 2 aromatic carbocycles. The highest BCUT2D eigenvalue weighted by atomic mass is 32.2. The third-order valence-electron chi connectivity index (χ3n) is 5.26. The van der Waals surface area contributed by atoms with Gasteiger partial charge in [-0.1, -0.05) is 36.4 Å². The van der Waals surface area contributed by atoms with Gasteiger partial charge in [-0.2, -0.15) is 17.5 Å². The van der Waals surface area contributed by atoms with E-state index in [1.165, 1.54) is 6.07 Å². The van der Waals surface area contributed by atoms with E-state index in [1.807, 2.05) is 0 Å². The zero-order valence-corrected chi connectivity index (χ0v) is 16.9. The second-order valence-electron chi connectivity index (χ2n) is 7.13. The maximum Gasteiger partial charge on any atom is 0.416 e. The minimum Gasteiger partial charge on any atom is -0.366 e. The molecule has 1 unspecified atom stereocenters. The number of aromatic nitrogens is 1. The number of rotatable bonds is 4. The molecule has 162 valence electrons. The first kappa shape index (κ1) is 21.1. The third-order valence-corrected chi connectivity index (χ3v) is 7.12. The third kappa shape index (κ3) is 3.72. The molecule has 1 atom stereocenters. The Morgan fingerprint density at radius 1 is 1.00 bits per heavy atom. The largest absolute Gasteiger partial charge is 0.416 e. The van der Waals surface area contributed by atoms with E-state index in [2.05, 4.69) is 0 Å². The van der Waals surface area contributed by atoms with Crippen LogP contribution in [0, 0.1) is 0 Å². The number of alkyl halides is 3. The number of nitrogens with two attached hydrogens (primary N) is 1. The summed E-state index contributed by atoms with van der Waals surface area (Å²) in [5.74, 6) is -0.715. The Morgan fingerprint density at radius 2 is 1.71 bits per heavy atom. The van der Waals surface area contributed by atoms with Crippen LogP contribution < -0.4 is 5.73 Å². The van der Waals surface area contributed by atoms with Gasteiger partial charge < -0.3 is 10.3 Å². The second-order valence-corrected chi connectivity index (χ2v) is 9.02. The molecule has 31 heavy (non-hydrogen) atoms. The first-order chi connectivity index (χ1) is 14.6. The van der Waals surface area contributed by atoms with E-state index in [1.54, 1.807) is 41.1 Å². The number of hydrogen-bond acceptors (Lipinski definition) is 3. The molecule has 0 saturated heterocycles. The Hall–Kier alpha value is -3.11. The van der Waals surface area contributed by atoms with Crippen molar-refractivity contribution in [3.05, 3.63) is 89.2 Å². The summed E-state index contributed by atoms with van der Waals surface area (Å²) in [6.45, 7) is 0.238. The van der Waals surface area contributed by atoms with E-state index >= 15 is 0 Å². The summed E-state index contributed by atoms with van der Waals surface area (Å²) >= 11 is 0. The molecule has 1 aliphatic heterocycles. The molecule has 0 bridgehead atoms. The number of primary amides is 1. The fourth-order valence-electron chi connectivity index (χ4n) is 3.85. The summed E-state index contributed by atoms with van der Waals surface area (Å²) in [6, 6.07) is 12.8. The molecule has 4 rings (SSSR count). The van der Waals surface area contributed by atoms with Crippen molar-refractivity contribution in [3.63, 3.8) is 0 Å². The maximum absolute atomic E-state index is 13.5. The van der Waals surface area contributed by atoms with Crippen molar-refractivity contribution in [1.29, 1.82) is 0 Å². The molecule has 3 aromatic rings. The van der Waals surface area contributed by atoms with E-state index in [9.17, 15) is 26.4 Å². The van der Waals surface area contributed by atoms with Crippen LogP contribution in [0.5, 0.6) is 0 Å². The predicted molar refractivity (Wildman–Crippen MR) is 107 cm³/mol. The molecule has 1 amide bonds. The van der Waals surface area contributed by atoms with Gasteiger partial charge in [-0.15, -0.1) is 0 Å². The summed E-state index contributed by atoms with van der Waals surface area (Å²) in [5, 5.41) is 0. The molecule has 0 aliphatic carbocycles. The fourth-order valence-corrected chi connectivity index (χ4v) is 5.47. The first-order valence-corrected chi connectivity index (χ1v) is 10.8. The highest BCUT2D eigenvalue weighted by Crippen LogP contribution is 2.39. The molecule has 2 heterocycles. The number of nitrogens with zero attached hydrogens (tertiary/aromatic N) is 2. The molecule has 1 aromatic heterocycles. The SMILES string of the molecule is NC(=O)c1ccn2c1C(c1ccccc1)N(S(=O)(=O)c1cccc(C(F)(F)F)c1)CC2. The molecule has 2 N–H and O–H groups in total. The van der Waals surface area contributed by atoms with Crippen LogP contribution in [0.3, 0.4) is 0 Å². The van der Waals surface area contributed by atoms with Crippen LogP contribution in [0.2, 0.25) is 0 Å². The van der Waals surface area contributed by atoms with E-state index in [4.69, 9.17) is 5.73 Å². The van der Waals surface area contributed by atoms with Crippen LogP contribution in [-0.2, 0) is 22.7 Å². The average Bonchev–Trinajstić information content (AvgIpc) is 3.18. The number of carbonyl (C=O) groups excluding carboxylic acids is 1. The standard InChI is InChI=1S/C21H18F3N3O3S/c22-21(23,24)15-7-4-8-16(13-15)31(29,30)27-12-11-26-10-9-17(20(25)28)19(26)18(27)14-5-2-1-3-6-14/h1-10,13,18H,11-12H2,(H2,25,28). The van der Waals surface area contributed by atoms with Crippen LogP contribution in [0.4, 0.5) is 13.2 Å². The normalized spacial score (nSPS) is 17.3. The summed E-state index contributed by atoms with van der Waals surface area (Å²) < 4.78 is 69.4. The van der Waals surface area contributed by atoms with Crippen LogP contribution in [0.1, 0.15) is 33.2 Å². The van der Waals surface area contributed by atoms with Crippen molar-refractivity contribution < 1.29 is 26.4 Å².